The van der Waals surface area contributed by atoms with Crippen molar-refractivity contribution < 1.29 is 14.3 Å². The second kappa shape index (κ2) is 7.35. The SMILES string of the molecule is O=C(NCC(O)Cc1ccccc1)Nc1ccc(F)cn1. The van der Waals surface area contributed by atoms with Crippen molar-refractivity contribution in [3.8, 4) is 0 Å². The van der Waals surface area contributed by atoms with Gasteiger partial charge in [0, 0.05) is 13.0 Å². The first kappa shape index (κ1) is 14.9. The van der Waals surface area contributed by atoms with E-state index in [2.05, 4.69) is 15.6 Å². The van der Waals surface area contributed by atoms with E-state index in [1.807, 2.05) is 30.3 Å². The molecule has 110 valence electrons. The van der Waals surface area contributed by atoms with Crippen LogP contribution in [0, 0.1) is 5.82 Å². The normalized spacial score (nSPS) is 11.7. The summed E-state index contributed by atoms with van der Waals surface area (Å²) in [7, 11) is 0. The molecular weight excluding hydrogens is 273 g/mol. The molecule has 1 unspecified atom stereocenters. The van der Waals surface area contributed by atoms with E-state index in [-0.39, 0.29) is 12.4 Å². The topological polar surface area (TPSA) is 74.2 Å². The maximum Gasteiger partial charge on any atom is 0.320 e. The number of anilines is 1. The third-order valence-corrected chi connectivity index (χ3v) is 2.78. The number of pyridine rings is 1. The third kappa shape index (κ3) is 5.19. The van der Waals surface area contributed by atoms with Gasteiger partial charge in [-0.05, 0) is 17.7 Å². The Morgan fingerprint density at radius 2 is 2.00 bits per heavy atom. The number of carbonyl (C=O) groups excluding carboxylic acids is 1. The van der Waals surface area contributed by atoms with Crippen molar-refractivity contribution in [3.05, 3.63) is 60.0 Å². The van der Waals surface area contributed by atoms with Crippen LogP contribution in [0.4, 0.5) is 15.0 Å². The summed E-state index contributed by atoms with van der Waals surface area (Å²) >= 11 is 0. The molecule has 0 aliphatic heterocycles. The monoisotopic (exact) mass is 289 g/mol. The number of benzene rings is 1. The van der Waals surface area contributed by atoms with Gasteiger partial charge in [0.1, 0.15) is 11.6 Å². The first-order valence-corrected chi connectivity index (χ1v) is 6.52. The lowest BCUT2D eigenvalue weighted by atomic mass is 10.1. The van der Waals surface area contributed by atoms with E-state index in [0.29, 0.717) is 6.42 Å². The van der Waals surface area contributed by atoms with Crippen molar-refractivity contribution in [2.24, 2.45) is 0 Å². The Morgan fingerprint density at radius 1 is 1.24 bits per heavy atom. The van der Waals surface area contributed by atoms with E-state index < -0.39 is 18.0 Å². The molecule has 2 aromatic rings. The Hall–Kier alpha value is -2.47. The lowest BCUT2D eigenvalue weighted by Crippen LogP contribution is -2.36. The number of rotatable bonds is 5. The van der Waals surface area contributed by atoms with Crippen LogP contribution in [-0.2, 0) is 6.42 Å². The Morgan fingerprint density at radius 3 is 2.67 bits per heavy atom. The standard InChI is InChI=1S/C15H16FN3O2/c16-12-6-7-14(17-9-12)19-15(21)18-10-13(20)8-11-4-2-1-3-5-11/h1-7,9,13,20H,8,10H2,(H2,17,18,19,21). The Labute approximate surface area is 121 Å². The number of hydrogen-bond donors (Lipinski definition) is 3. The van der Waals surface area contributed by atoms with E-state index >= 15 is 0 Å². The van der Waals surface area contributed by atoms with Crippen LogP contribution in [0.5, 0.6) is 0 Å². The highest BCUT2D eigenvalue weighted by Crippen LogP contribution is 2.04. The molecule has 1 heterocycles. The molecule has 0 bridgehead atoms. The highest BCUT2D eigenvalue weighted by Gasteiger charge is 2.08. The summed E-state index contributed by atoms with van der Waals surface area (Å²) < 4.78 is 12.7. The largest absolute Gasteiger partial charge is 0.391 e. The average molecular weight is 289 g/mol. The predicted octanol–water partition coefficient (Wildman–Crippen LogP) is 1.95. The van der Waals surface area contributed by atoms with E-state index in [9.17, 15) is 14.3 Å². The molecule has 5 nitrogen and oxygen atoms in total. The molecule has 0 radical (unpaired) electrons. The molecule has 1 aromatic heterocycles. The predicted molar refractivity (Wildman–Crippen MR) is 77.4 cm³/mol. The Bertz CT molecular complexity index is 575. The van der Waals surface area contributed by atoms with Gasteiger partial charge in [-0.25, -0.2) is 14.2 Å². The van der Waals surface area contributed by atoms with E-state index in [1.165, 1.54) is 12.1 Å². The molecule has 0 saturated heterocycles. The van der Waals surface area contributed by atoms with Crippen LogP contribution >= 0.6 is 0 Å². The van der Waals surface area contributed by atoms with Gasteiger partial charge in [0.2, 0.25) is 0 Å². The summed E-state index contributed by atoms with van der Waals surface area (Å²) in [5.41, 5.74) is 0.993. The van der Waals surface area contributed by atoms with Gasteiger partial charge in [0.15, 0.2) is 0 Å². The van der Waals surface area contributed by atoms with E-state index in [0.717, 1.165) is 11.8 Å². The minimum atomic E-state index is -0.681. The van der Waals surface area contributed by atoms with Crippen molar-refractivity contribution in [1.82, 2.24) is 10.3 Å². The number of aliphatic hydroxyl groups is 1. The first-order valence-electron chi connectivity index (χ1n) is 6.52. The number of amides is 2. The summed E-state index contributed by atoms with van der Waals surface area (Å²) in [6.45, 7) is 0.113. The lowest BCUT2D eigenvalue weighted by molar-refractivity contribution is 0.172. The minimum Gasteiger partial charge on any atom is -0.391 e. The number of nitrogens with zero attached hydrogens (tertiary/aromatic N) is 1. The fourth-order valence-electron chi connectivity index (χ4n) is 1.78. The number of aromatic nitrogens is 1. The molecule has 3 N–H and O–H groups in total. The molecule has 0 aliphatic rings. The lowest BCUT2D eigenvalue weighted by Gasteiger charge is -2.12. The van der Waals surface area contributed by atoms with Gasteiger partial charge in [0.25, 0.3) is 0 Å². The van der Waals surface area contributed by atoms with Crippen LogP contribution in [0.1, 0.15) is 5.56 Å². The maximum atomic E-state index is 12.7. The molecule has 0 fully saturated rings. The van der Waals surface area contributed by atoms with Crippen molar-refractivity contribution in [2.75, 3.05) is 11.9 Å². The molecular formula is C15H16FN3O2. The molecule has 2 rings (SSSR count). The van der Waals surface area contributed by atoms with Crippen molar-refractivity contribution >= 4 is 11.8 Å². The van der Waals surface area contributed by atoms with Crippen LogP contribution in [-0.4, -0.2) is 28.8 Å². The van der Waals surface area contributed by atoms with Crippen molar-refractivity contribution in [2.45, 2.75) is 12.5 Å². The summed E-state index contributed by atoms with van der Waals surface area (Å²) in [4.78, 5) is 15.3. The van der Waals surface area contributed by atoms with Crippen molar-refractivity contribution in [1.29, 1.82) is 0 Å². The smallest absolute Gasteiger partial charge is 0.320 e. The molecule has 6 heteroatoms. The number of hydrogen-bond acceptors (Lipinski definition) is 3. The van der Waals surface area contributed by atoms with Gasteiger partial charge < -0.3 is 10.4 Å². The zero-order valence-electron chi connectivity index (χ0n) is 11.3. The minimum absolute atomic E-state index is 0.113. The van der Waals surface area contributed by atoms with Crippen molar-refractivity contribution in [3.63, 3.8) is 0 Å². The fraction of sp³-hybridized carbons (Fsp3) is 0.200. The number of nitrogens with one attached hydrogen (secondary N) is 2. The summed E-state index contributed by atoms with van der Waals surface area (Å²) in [5, 5.41) is 14.8. The van der Waals surface area contributed by atoms with Gasteiger partial charge in [-0.3, -0.25) is 5.32 Å². The van der Waals surface area contributed by atoms with Gasteiger partial charge >= 0.3 is 6.03 Å². The summed E-state index contributed by atoms with van der Waals surface area (Å²) in [6, 6.07) is 11.6. The second-order valence-electron chi connectivity index (χ2n) is 4.54. The van der Waals surface area contributed by atoms with Gasteiger partial charge in [-0.2, -0.15) is 0 Å². The molecule has 2 amide bonds. The molecule has 0 aliphatic carbocycles. The second-order valence-corrected chi connectivity index (χ2v) is 4.54. The average Bonchev–Trinajstić information content (AvgIpc) is 2.49. The first-order chi connectivity index (χ1) is 10.1. The summed E-state index contributed by atoms with van der Waals surface area (Å²) in [6.07, 6.45) is 0.787. The Balaban J connectivity index is 1.74. The molecule has 21 heavy (non-hydrogen) atoms. The zero-order valence-corrected chi connectivity index (χ0v) is 11.3. The number of urea groups is 1. The van der Waals surface area contributed by atoms with Crippen LogP contribution in [0.25, 0.3) is 0 Å². The Kier molecular flexibility index (Phi) is 5.22. The molecule has 1 aromatic carbocycles. The molecule has 1 atom stereocenters. The number of aliphatic hydroxyl groups excluding tert-OH is 1. The highest BCUT2D eigenvalue weighted by molar-refractivity contribution is 5.88. The van der Waals surface area contributed by atoms with Gasteiger partial charge in [-0.1, -0.05) is 30.3 Å². The number of halogens is 1. The quantitative estimate of drug-likeness (QED) is 0.787. The van der Waals surface area contributed by atoms with Crippen LogP contribution in [0.2, 0.25) is 0 Å². The van der Waals surface area contributed by atoms with Gasteiger partial charge in [-0.15, -0.1) is 0 Å². The van der Waals surface area contributed by atoms with E-state index in [1.54, 1.807) is 0 Å². The van der Waals surface area contributed by atoms with E-state index in [4.69, 9.17) is 0 Å². The zero-order chi connectivity index (χ0) is 15.1. The van der Waals surface area contributed by atoms with Crippen LogP contribution in [0.3, 0.4) is 0 Å². The summed E-state index contributed by atoms with van der Waals surface area (Å²) in [5.74, 6) is -0.231. The number of carbonyl (C=O) groups is 1. The van der Waals surface area contributed by atoms with Crippen LogP contribution < -0.4 is 10.6 Å². The highest BCUT2D eigenvalue weighted by atomic mass is 19.1. The maximum absolute atomic E-state index is 12.7. The van der Waals surface area contributed by atoms with Crippen LogP contribution in [0.15, 0.2) is 48.7 Å². The molecule has 0 spiro atoms. The molecule has 0 saturated carbocycles. The third-order valence-electron chi connectivity index (χ3n) is 2.78. The van der Waals surface area contributed by atoms with Gasteiger partial charge in [0.05, 0.1) is 12.3 Å². The fourth-order valence-corrected chi connectivity index (χ4v) is 1.78.